The van der Waals surface area contributed by atoms with E-state index in [1.807, 2.05) is 0 Å². The van der Waals surface area contributed by atoms with E-state index in [1.54, 1.807) is 0 Å². The van der Waals surface area contributed by atoms with Gasteiger partial charge in [-0.1, -0.05) is 5.10 Å². The zero-order valence-electron chi connectivity index (χ0n) is 8.27. The maximum absolute atomic E-state index is 11.2. The number of nitrogens with zero attached hydrogens (tertiary/aromatic N) is 2. The first kappa shape index (κ1) is 10.1. The summed E-state index contributed by atoms with van der Waals surface area (Å²) in [4.78, 5) is 11.2. The molecule has 1 heterocycles. The Kier molecular flexibility index (Phi) is 2.96. The van der Waals surface area contributed by atoms with Crippen LogP contribution in [0.2, 0.25) is 0 Å². The first-order chi connectivity index (χ1) is 7.29. The van der Waals surface area contributed by atoms with E-state index in [2.05, 4.69) is 15.5 Å². The quantitative estimate of drug-likeness (QED) is 0.746. The van der Waals surface area contributed by atoms with Crippen LogP contribution in [-0.2, 0) is 4.79 Å². The number of hydrogen-bond donors (Lipinski definition) is 2. The molecule has 1 saturated carbocycles. The van der Waals surface area contributed by atoms with Gasteiger partial charge in [0.1, 0.15) is 0 Å². The summed E-state index contributed by atoms with van der Waals surface area (Å²) in [6, 6.07) is 0.153. The maximum atomic E-state index is 11.2. The van der Waals surface area contributed by atoms with Gasteiger partial charge in [-0.3, -0.25) is 10.1 Å². The van der Waals surface area contributed by atoms with Crippen molar-refractivity contribution in [3.63, 3.8) is 0 Å². The molecule has 2 rings (SSSR count). The van der Waals surface area contributed by atoms with Crippen LogP contribution in [0, 0.1) is 0 Å². The lowest BCUT2D eigenvalue weighted by Crippen LogP contribution is -2.11. The highest BCUT2D eigenvalue weighted by atomic mass is 16.4. The molecular formula is C9H13N3O3. The van der Waals surface area contributed by atoms with Crippen LogP contribution in [0.25, 0.3) is 0 Å². The second-order valence-electron chi connectivity index (χ2n) is 3.60. The zero-order chi connectivity index (χ0) is 10.7. The number of anilines is 1. The number of nitrogens with one attached hydrogen (secondary N) is 1. The smallest absolute Gasteiger partial charge is 0.322 e. The molecule has 2 N–H and O–H groups in total. The van der Waals surface area contributed by atoms with Crippen LogP contribution in [0.15, 0.2) is 4.42 Å². The van der Waals surface area contributed by atoms with Gasteiger partial charge in [-0.2, -0.15) is 0 Å². The molecule has 1 fully saturated rings. The number of carbonyl (C=O) groups excluding carboxylic acids is 1. The summed E-state index contributed by atoms with van der Waals surface area (Å²) >= 11 is 0. The summed E-state index contributed by atoms with van der Waals surface area (Å²) in [5, 5.41) is 18.6. The minimum Gasteiger partial charge on any atom is -0.408 e. The van der Waals surface area contributed by atoms with Crippen molar-refractivity contribution in [2.75, 3.05) is 11.9 Å². The molecule has 6 heteroatoms. The second kappa shape index (κ2) is 4.39. The number of aliphatic hydroxyl groups excluding tert-OH is 1. The van der Waals surface area contributed by atoms with Crippen molar-refractivity contribution in [3.8, 4) is 0 Å². The average molecular weight is 211 g/mol. The highest BCUT2D eigenvalue weighted by molar-refractivity contribution is 5.88. The number of hydrogen-bond acceptors (Lipinski definition) is 5. The average Bonchev–Trinajstić information content (AvgIpc) is 2.98. The standard InChI is InChI=1S/C9H13N3O3/c13-5-1-2-7(14)10-9-12-11-8(15-9)6-3-4-6/h6,13H,1-5H2,(H,10,12,14). The minimum atomic E-state index is -0.213. The molecule has 0 spiro atoms. The van der Waals surface area contributed by atoms with Gasteiger partial charge in [-0.25, -0.2) is 0 Å². The maximum Gasteiger partial charge on any atom is 0.322 e. The summed E-state index contributed by atoms with van der Waals surface area (Å²) in [6.45, 7) is 0.00454. The van der Waals surface area contributed by atoms with Crippen LogP contribution in [0.4, 0.5) is 6.01 Å². The molecule has 1 aromatic heterocycles. The van der Waals surface area contributed by atoms with E-state index in [1.165, 1.54) is 0 Å². The Bertz CT molecular complexity index is 346. The first-order valence-electron chi connectivity index (χ1n) is 5.03. The third-order valence-corrected chi connectivity index (χ3v) is 2.18. The van der Waals surface area contributed by atoms with E-state index >= 15 is 0 Å². The molecule has 0 bridgehead atoms. The minimum absolute atomic E-state index is 0.00454. The van der Waals surface area contributed by atoms with Crippen LogP contribution < -0.4 is 5.32 Å². The SMILES string of the molecule is O=C(CCCO)Nc1nnc(C2CC2)o1. The zero-order valence-corrected chi connectivity index (χ0v) is 8.27. The molecule has 82 valence electrons. The van der Waals surface area contributed by atoms with Crippen LogP contribution >= 0.6 is 0 Å². The topological polar surface area (TPSA) is 88.2 Å². The molecule has 0 aromatic carbocycles. The molecule has 0 saturated heterocycles. The predicted molar refractivity (Wildman–Crippen MR) is 51.2 cm³/mol. The predicted octanol–water partition coefficient (Wildman–Crippen LogP) is 0.658. The Morgan fingerprint density at radius 1 is 1.53 bits per heavy atom. The van der Waals surface area contributed by atoms with Gasteiger partial charge in [0.15, 0.2) is 0 Å². The van der Waals surface area contributed by atoms with Crippen molar-refractivity contribution >= 4 is 11.9 Å². The third-order valence-electron chi connectivity index (χ3n) is 2.18. The van der Waals surface area contributed by atoms with Gasteiger partial charge in [0.05, 0.1) is 0 Å². The summed E-state index contributed by atoms with van der Waals surface area (Å²) in [5.74, 6) is 0.781. The van der Waals surface area contributed by atoms with Gasteiger partial charge >= 0.3 is 6.01 Å². The highest BCUT2D eigenvalue weighted by Crippen LogP contribution is 2.39. The van der Waals surface area contributed by atoms with Gasteiger partial charge in [-0.15, -0.1) is 5.10 Å². The fourth-order valence-corrected chi connectivity index (χ4v) is 1.20. The summed E-state index contributed by atoms with van der Waals surface area (Å²) in [5.41, 5.74) is 0. The number of carbonyl (C=O) groups is 1. The monoisotopic (exact) mass is 211 g/mol. The molecule has 0 aliphatic heterocycles. The molecule has 1 aliphatic carbocycles. The van der Waals surface area contributed by atoms with Crippen LogP contribution in [0.1, 0.15) is 37.5 Å². The van der Waals surface area contributed by atoms with Crippen LogP contribution in [-0.4, -0.2) is 27.8 Å². The molecule has 1 aromatic rings. The normalized spacial score (nSPS) is 15.3. The van der Waals surface area contributed by atoms with E-state index in [0.29, 0.717) is 18.2 Å². The van der Waals surface area contributed by atoms with Crippen LogP contribution in [0.3, 0.4) is 0 Å². The van der Waals surface area contributed by atoms with Gasteiger partial charge in [-0.05, 0) is 19.3 Å². The Labute approximate surface area is 86.7 Å². The molecule has 0 atom stereocenters. The Hall–Kier alpha value is -1.43. The van der Waals surface area contributed by atoms with Crippen molar-refractivity contribution in [3.05, 3.63) is 5.89 Å². The summed E-state index contributed by atoms with van der Waals surface area (Å²) in [6.07, 6.45) is 2.87. The molecule has 1 aliphatic rings. The summed E-state index contributed by atoms with van der Waals surface area (Å²) < 4.78 is 5.24. The van der Waals surface area contributed by atoms with Crippen LogP contribution in [0.5, 0.6) is 0 Å². The molecule has 1 amide bonds. The lowest BCUT2D eigenvalue weighted by atomic mass is 10.3. The van der Waals surface area contributed by atoms with Crippen molar-refractivity contribution in [2.24, 2.45) is 0 Å². The number of amides is 1. The number of aromatic nitrogens is 2. The number of rotatable bonds is 5. The second-order valence-corrected chi connectivity index (χ2v) is 3.60. The lowest BCUT2D eigenvalue weighted by Gasteiger charge is -1.97. The van der Waals surface area contributed by atoms with Gasteiger partial charge in [0, 0.05) is 18.9 Å². The first-order valence-corrected chi connectivity index (χ1v) is 5.03. The van der Waals surface area contributed by atoms with E-state index in [0.717, 1.165) is 12.8 Å². The molecule has 0 unspecified atom stereocenters. The van der Waals surface area contributed by atoms with Crippen molar-refractivity contribution in [1.29, 1.82) is 0 Å². The van der Waals surface area contributed by atoms with Crippen molar-refractivity contribution in [1.82, 2.24) is 10.2 Å². The lowest BCUT2D eigenvalue weighted by molar-refractivity contribution is -0.116. The molecular weight excluding hydrogens is 198 g/mol. The van der Waals surface area contributed by atoms with E-state index in [9.17, 15) is 4.79 Å². The van der Waals surface area contributed by atoms with E-state index in [-0.39, 0.29) is 24.9 Å². The Morgan fingerprint density at radius 2 is 2.33 bits per heavy atom. The highest BCUT2D eigenvalue weighted by Gasteiger charge is 2.29. The molecule has 6 nitrogen and oxygen atoms in total. The fourth-order valence-electron chi connectivity index (χ4n) is 1.20. The summed E-state index contributed by atoms with van der Waals surface area (Å²) in [7, 11) is 0. The van der Waals surface area contributed by atoms with Crippen molar-refractivity contribution in [2.45, 2.75) is 31.6 Å². The van der Waals surface area contributed by atoms with Gasteiger partial charge in [0.25, 0.3) is 0 Å². The molecule has 15 heavy (non-hydrogen) atoms. The van der Waals surface area contributed by atoms with E-state index < -0.39 is 0 Å². The van der Waals surface area contributed by atoms with Gasteiger partial charge in [0.2, 0.25) is 11.8 Å². The van der Waals surface area contributed by atoms with E-state index in [4.69, 9.17) is 9.52 Å². The molecule has 0 radical (unpaired) electrons. The van der Waals surface area contributed by atoms with Gasteiger partial charge < -0.3 is 9.52 Å². The van der Waals surface area contributed by atoms with Crippen molar-refractivity contribution < 1.29 is 14.3 Å². The Balaban J connectivity index is 1.84. The fraction of sp³-hybridized carbons (Fsp3) is 0.667. The third kappa shape index (κ3) is 2.76. The number of aliphatic hydroxyl groups is 1. The largest absolute Gasteiger partial charge is 0.408 e. The Morgan fingerprint density at radius 3 is 3.00 bits per heavy atom.